The number of carbonyl (C=O) groups excluding carboxylic acids is 3. The summed E-state index contributed by atoms with van der Waals surface area (Å²) in [7, 11) is 0. The molecule has 1 aliphatic rings. The van der Waals surface area contributed by atoms with Gasteiger partial charge in [-0.15, -0.1) is 16.4 Å². The van der Waals surface area contributed by atoms with Crippen molar-refractivity contribution in [3.8, 4) is 0 Å². The number of halogens is 1. The van der Waals surface area contributed by atoms with Gasteiger partial charge in [-0.2, -0.15) is 0 Å². The fraction of sp³-hybridized carbons (Fsp3) is 0.333. The Bertz CT molecular complexity index is 2710. The van der Waals surface area contributed by atoms with Crippen LogP contribution in [0.15, 0.2) is 101 Å². The van der Waals surface area contributed by atoms with Gasteiger partial charge in [0, 0.05) is 62.0 Å². The third-order valence-corrected chi connectivity index (χ3v) is 12.3. The summed E-state index contributed by atoms with van der Waals surface area (Å²) in [6, 6.07) is 22.0. The molecule has 0 spiro atoms. The molecule has 7 rings (SSSR count). The fourth-order valence-electron chi connectivity index (χ4n) is 7.79. The largest absolute Gasteiger partial charge is 0.483 e. The number of aryl methyl sites for hydroxylation is 1. The quantitative estimate of drug-likeness (QED) is 0.0510. The first-order valence-corrected chi connectivity index (χ1v) is 22.9. The number of ether oxygens (including phenoxy) is 2. The van der Waals surface area contributed by atoms with Crippen LogP contribution in [-0.4, -0.2) is 97.8 Å². The zero-order chi connectivity index (χ0) is 48.6. The first-order valence-electron chi connectivity index (χ1n) is 22.0. The number of nitrogens with two attached hydrogens (primary N) is 1. The van der Waals surface area contributed by atoms with E-state index in [9.17, 15) is 29.1 Å². The van der Waals surface area contributed by atoms with Crippen molar-refractivity contribution >= 4 is 58.3 Å². The molecule has 1 saturated heterocycles. The van der Waals surface area contributed by atoms with Crippen molar-refractivity contribution in [2.45, 2.75) is 70.9 Å². The van der Waals surface area contributed by atoms with Crippen LogP contribution < -0.4 is 21.4 Å². The highest BCUT2D eigenvalue weighted by Crippen LogP contribution is 2.28. The summed E-state index contributed by atoms with van der Waals surface area (Å²) in [5.41, 5.74) is 8.16. The number of hydrogen-bond acceptors (Lipinski definition) is 13. The Hall–Kier alpha value is -7.45. The van der Waals surface area contributed by atoms with Crippen LogP contribution in [0, 0.1) is 5.82 Å². The molecule has 0 bridgehead atoms. The lowest BCUT2D eigenvalue weighted by Gasteiger charge is -2.35. The van der Waals surface area contributed by atoms with Crippen LogP contribution in [0.4, 0.5) is 19.7 Å². The van der Waals surface area contributed by atoms with Crippen molar-refractivity contribution < 1.29 is 48.0 Å². The maximum Gasteiger partial charge on any atom is 0.410 e. The number of anilines is 1. The number of aromatic carboxylic acids is 1. The second-order valence-corrected chi connectivity index (χ2v) is 16.9. The van der Waals surface area contributed by atoms with Crippen LogP contribution in [0.2, 0.25) is 0 Å². The van der Waals surface area contributed by atoms with Gasteiger partial charge in [0.25, 0.3) is 6.47 Å². The number of pyridine rings is 1. The molecule has 358 valence electrons. The van der Waals surface area contributed by atoms with Crippen LogP contribution in [0.25, 0.3) is 10.9 Å². The van der Waals surface area contributed by atoms with Gasteiger partial charge in [0.15, 0.2) is 5.78 Å². The van der Waals surface area contributed by atoms with Gasteiger partial charge in [-0.1, -0.05) is 65.9 Å². The first kappa shape index (κ1) is 50.0. The molecule has 0 radical (unpaired) electrons. The van der Waals surface area contributed by atoms with Gasteiger partial charge in [0.2, 0.25) is 5.43 Å². The summed E-state index contributed by atoms with van der Waals surface area (Å²) in [5.74, 6) is -2.10. The number of rotatable bonds is 19. The van der Waals surface area contributed by atoms with E-state index in [2.05, 4.69) is 15.6 Å². The Kier molecular flexibility index (Phi) is 17.9. The number of amides is 2. The third-order valence-electron chi connectivity index (χ3n) is 11.4. The van der Waals surface area contributed by atoms with Crippen LogP contribution in [0.5, 0.6) is 0 Å². The van der Waals surface area contributed by atoms with E-state index in [1.165, 1.54) is 6.20 Å². The maximum absolute atomic E-state index is 15.4. The number of benzene rings is 3. The lowest BCUT2D eigenvalue weighted by Crippen LogP contribution is -2.49. The van der Waals surface area contributed by atoms with Gasteiger partial charge in [-0.05, 0) is 73.0 Å². The van der Waals surface area contributed by atoms with E-state index in [4.69, 9.17) is 25.1 Å². The number of aromatic nitrogens is 4. The first-order chi connectivity index (χ1) is 32.9. The molecule has 3 aromatic carbocycles. The van der Waals surface area contributed by atoms with Crippen LogP contribution in [-0.2, 0) is 51.7 Å². The predicted molar refractivity (Wildman–Crippen MR) is 251 cm³/mol. The van der Waals surface area contributed by atoms with Gasteiger partial charge >= 0.3 is 18.2 Å². The zero-order valence-electron chi connectivity index (χ0n) is 37.4. The van der Waals surface area contributed by atoms with Crippen molar-refractivity contribution in [3.05, 3.63) is 146 Å². The molecule has 2 amide bonds. The lowest BCUT2D eigenvalue weighted by molar-refractivity contribution is -0.123. The fourth-order valence-corrected chi connectivity index (χ4v) is 8.54. The Labute approximate surface area is 394 Å². The van der Waals surface area contributed by atoms with E-state index in [1.54, 1.807) is 61.7 Å². The Morgan fingerprint density at radius 1 is 0.926 bits per heavy atom. The number of nitrogens with one attached hydrogen (secondary N) is 1. The molecule has 5 N–H and O–H groups in total. The molecule has 1 unspecified atom stereocenters. The molecule has 1 fully saturated rings. The number of ketones is 1. The summed E-state index contributed by atoms with van der Waals surface area (Å²) in [4.78, 5) is 77.1. The number of carboxylic acids is 1. The molecule has 0 aliphatic carbocycles. The van der Waals surface area contributed by atoms with Crippen molar-refractivity contribution in [2.24, 2.45) is 5.73 Å². The second-order valence-electron chi connectivity index (χ2n) is 15.8. The van der Waals surface area contributed by atoms with Crippen LogP contribution in [0.3, 0.4) is 0 Å². The Morgan fingerprint density at radius 3 is 2.28 bits per heavy atom. The number of alkyl carbamates (subject to hydrolysis) is 1. The molecule has 68 heavy (non-hydrogen) atoms. The van der Waals surface area contributed by atoms with E-state index < -0.39 is 47.0 Å². The van der Waals surface area contributed by atoms with Crippen molar-refractivity contribution in [1.29, 1.82) is 0 Å². The van der Waals surface area contributed by atoms with Crippen molar-refractivity contribution in [2.75, 3.05) is 37.6 Å². The number of carbonyl (C=O) groups is 5. The monoisotopic (exact) mass is 952 g/mol. The molecule has 0 saturated carbocycles. The predicted octanol–water partition coefficient (Wildman–Crippen LogP) is 6.36. The highest BCUT2D eigenvalue weighted by atomic mass is 32.1. The highest BCUT2D eigenvalue weighted by molar-refractivity contribution is 7.09. The van der Waals surface area contributed by atoms with E-state index in [0.717, 1.165) is 34.1 Å². The van der Waals surface area contributed by atoms with Gasteiger partial charge in [-0.25, -0.2) is 23.5 Å². The number of fused-ring (bicyclic) bond motifs is 1. The zero-order valence-corrected chi connectivity index (χ0v) is 38.2. The number of carboxylic acid groups (broad SMARTS) is 2. The standard InChI is InChI=1S/C47H51FN8O8S.CH2O2/c1-2-53-27-36(45(59)60)44(58)35-25-37(48)42(26-41(35)53)54-18-20-55(21-19-54)47(62)64-30-33-15-13-31(14-16-33)23-43(57)40(12-6-7-17-49)56-28-39(51-52-56)38(24-34-11-8-22-65-34)50-46(61)63-29-32-9-4-3-5-10-32;2-1-3/h3-5,8-11,13-16,22,25-28,38,40H,2,6-7,12,17-21,23-24,29-30,49H2,1H3,(H,50,61)(H,59,60);1H,(H,2,3)/t38?,40-;/m0./s1. The Balaban J connectivity index is 0.00000247. The normalized spacial score (nSPS) is 13.2. The molecule has 4 heterocycles. The third kappa shape index (κ3) is 13.1. The number of thiophene rings is 1. The van der Waals surface area contributed by atoms with E-state index in [-0.39, 0.29) is 56.1 Å². The highest BCUT2D eigenvalue weighted by Gasteiger charge is 2.28. The minimum absolute atomic E-state index is 0.00335. The number of hydrogen-bond donors (Lipinski definition) is 4. The Morgan fingerprint density at radius 2 is 1.62 bits per heavy atom. The molecular weight excluding hydrogens is 900 g/mol. The van der Waals surface area contributed by atoms with Crippen LogP contribution >= 0.6 is 11.3 Å². The average molecular weight is 953 g/mol. The molecule has 6 aromatic rings. The topological polar surface area (TPSA) is 242 Å². The molecule has 18 nitrogen and oxygen atoms in total. The minimum Gasteiger partial charge on any atom is -0.483 e. The minimum atomic E-state index is -1.37. The molecule has 1 aliphatic heterocycles. The van der Waals surface area contributed by atoms with Crippen molar-refractivity contribution in [1.82, 2.24) is 29.8 Å². The molecule has 3 aromatic heterocycles. The summed E-state index contributed by atoms with van der Waals surface area (Å²) < 4.78 is 29.7. The lowest BCUT2D eigenvalue weighted by atomic mass is 9.98. The average Bonchev–Trinajstić information content (AvgIpc) is 4.06. The second kappa shape index (κ2) is 24.4. The van der Waals surface area contributed by atoms with Gasteiger partial charge in [0.05, 0.1) is 23.4 Å². The number of Topliss-reactive ketones (excluding diaryl/α,β-unsaturated/α-hetero) is 1. The molecule has 2 atom stereocenters. The number of nitrogens with zero attached hydrogens (tertiary/aromatic N) is 6. The van der Waals surface area contributed by atoms with E-state index in [1.807, 2.05) is 60.0 Å². The van der Waals surface area contributed by atoms with E-state index in [0.29, 0.717) is 56.7 Å². The number of piperazine rings is 1. The molecular formula is C48H53FN8O10S. The maximum atomic E-state index is 15.4. The van der Waals surface area contributed by atoms with Gasteiger partial charge in [-0.3, -0.25) is 14.4 Å². The van der Waals surface area contributed by atoms with Gasteiger partial charge in [0.1, 0.15) is 36.3 Å². The van der Waals surface area contributed by atoms with Crippen LogP contribution in [0.1, 0.15) is 75.9 Å². The SMILES string of the molecule is CCn1cc(C(=O)O)c(=O)c2cc(F)c(N3CCN(C(=O)OCc4ccc(CC(=O)[C@H](CCCCN)n5cc(C(Cc6cccs6)NC(=O)OCc6ccccc6)nn5)cc4)CC3)cc21.O=CO. The number of unbranched alkanes of at least 4 members (excludes halogenated alkanes) is 1. The van der Waals surface area contributed by atoms with Crippen molar-refractivity contribution in [3.63, 3.8) is 0 Å². The summed E-state index contributed by atoms with van der Waals surface area (Å²) in [6.45, 7) is 3.68. The van der Waals surface area contributed by atoms with Gasteiger partial charge < -0.3 is 45.1 Å². The molecule has 20 heteroatoms. The summed E-state index contributed by atoms with van der Waals surface area (Å²) in [6.07, 6.45) is 4.37. The smallest absolute Gasteiger partial charge is 0.410 e. The summed E-state index contributed by atoms with van der Waals surface area (Å²) in [5, 5.41) is 30.0. The summed E-state index contributed by atoms with van der Waals surface area (Å²) >= 11 is 1.56. The van der Waals surface area contributed by atoms with E-state index >= 15 is 4.39 Å².